The smallest absolute Gasteiger partial charge is 0.301 e. The lowest BCUT2D eigenvalue weighted by Crippen LogP contribution is -2.59. The minimum Gasteiger partial charge on any atom is -0.304 e. The lowest BCUT2D eigenvalue weighted by atomic mass is 10.3. The molecule has 0 heterocycles. The summed E-state index contributed by atoms with van der Waals surface area (Å²) >= 11 is 0. The van der Waals surface area contributed by atoms with E-state index in [0.29, 0.717) is 24.1 Å². The summed E-state index contributed by atoms with van der Waals surface area (Å²) in [4.78, 5) is 6.93. The quantitative estimate of drug-likeness (QED) is 0.233. The Morgan fingerprint density at radius 1 is 0.727 bits per heavy atom. The maximum atomic E-state index is 4.77. The van der Waals surface area contributed by atoms with Crippen LogP contribution in [0.4, 0.5) is 0 Å². The summed E-state index contributed by atoms with van der Waals surface area (Å²) in [6, 6.07) is 0. The van der Waals surface area contributed by atoms with Gasteiger partial charge >= 0.3 is 5.96 Å². The van der Waals surface area contributed by atoms with E-state index >= 15 is 0 Å². The molecule has 0 rings (SSSR count). The third-order valence-electron chi connectivity index (χ3n) is 3.20. The Hall–Kier alpha value is -2.13. The Balaban J connectivity index is 5.98. The molecule has 0 saturated heterocycles. The summed E-state index contributed by atoms with van der Waals surface area (Å²) in [6.45, 7) is 27.4. The van der Waals surface area contributed by atoms with Crippen molar-refractivity contribution in [2.24, 2.45) is 4.99 Å². The Morgan fingerprint density at radius 2 is 1.18 bits per heavy atom. The SMILES string of the molecule is C=CCN=C(N(CC=C)CC=C)[N+](CC=C)(CC=C)CC=C. The first-order chi connectivity index (χ1) is 10.7. The molecule has 0 aromatic rings. The van der Waals surface area contributed by atoms with Crippen molar-refractivity contribution in [2.45, 2.75) is 0 Å². The molecule has 3 nitrogen and oxygen atoms in total. The highest BCUT2D eigenvalue weighted by atomic mass is 15.5. The van der Waals surface area contributed by atoms with Crippen LogP contribution in [-0.4, -0.2) is 54.6 Å². The highest BCUT2D eigenvalue weighted by molar-refractivity contribution is 5.74. The monoisotopic (exact) mass is 300 g/mol. The Bertz CT molecular complexity index is 395. The van der Waals surface area contributed by atoms with Crippen molar-refractivity contribution in [3.63, 3.8) is 0 Å². The lowest BCUT2D eigenvalue weighted by Gasteiger charge is -2.40. The second-order valence-corrected chi connectivity index (χ2v) is 4.97. The maximum absolute atomic E-state index is 4.77. The maximum Gasteiger partial charge on any atom is 0.301 e. The van der Waals surface area contributed by atoms with Gasteiger partial charge in [0.05, 0.1) is 6.54 Å². The molecule has 0 aliphatic heterocycles. The molecule has 0 amide bonds. The summed E-state index contributed by atoms with van der Waals surface area (Å²) in [5, 5.41) is 0. The van der Waals surface area contributed by atoms with Gasteiger partial charge in [0.25, 0.3) is 0 Å². The first kappa shape index (κ1) is 19.9. The van der Waals surface area contributed by atoms with E-state index in [9.17, 15) is 0 Å². The molecule has 0 radical (unpaired) electrons. The third kappa shape index (κ3) is 5.70. The summed E-state index contributed by atoms with van der Waals surface area (Å²) in [6.07, 6.45) is 11.3. The van der Waals surface area contributed by atoms with Crippen molar-refractivity contribution in [1.29, 1.82) is 0 Å². The van der Waals surface area contributed by atoms with Crippen LogP contribution in [0.1, 0.15) is 0 Å². The summed E-state index contributed by atoms with van der Waals surface area (Å²) < 4.78 is 0.603. The first-order valence-electron chi connectivity index (χ1n) is 7.47. The van der Waals surface area contributed by atoms with Crippen molar-refractivity contribution in [1.82, 2.24) is 4.90 Å². The fourth-order valence-electron chi connectivity index (χ4n) is 2.46. The minimum absolute atomic E-state index is 0.561. The molecular weight excluding hydrogens is 270 g/mol. The van der Waals surface area contributed by atoms with E-state index in [0.717, 1.165) is 25.6 Å². The van der Waals surface area contributed by atoms with E-state index in [-0.39, 0.29) is 0 Å². The van der Waals surface area contributed by atoms with E-state index in [4.69, 9.17) is 4.99 Å². The van der Waals surface area contributed by atoms with Gasteiger partial charge in [-0.1, -0.05) is 38.0 Å². The average Bonchev–Trinajstić information content (AvgIpc) is 2.49. The van der Waals surface area contributed by atoms with Gasteiger partial charge in [-0.25, -0.2) is 9.48 Å². The molecule has 3 heteroatoms. The van der Waals surface area contributed by atoms with E-state index in [2.05, 4.69) is 44.4 Å². The Labute approximate surface area is 136 Å². The van der Waals surface area contributed by atoms with Gasteiger partial charge in [0.15, 0.2) is 0 Å². The second-order valence-electron chi connectivity index (χ2n) is 4.97. The number of hydrogen-bond acceptors (Lipinski definition) is 1. The van der Waals surface area contributed by atoms with Crippen molar-refractivity contribution >= 4 is 5.96 Å². The van der Waals surface area contributed by atoms with Crippen LogP contribution >= 0.6 is 0 Å². The lowest BCUT2D eigenvalue weighted by molar-refractivity contribution is -0.828. The largest absolute Gasteiger partial charge is 0.304 e. The zero-order chi connectivity index (χ0) is 16.8. The Kier molecular flexibility index (Phi) is 10.4. The van der Waals surface area contributed by atoms with E-state index in [1.54, 1.807) is 6.08 Å². The first-order valence-corrected chi connectivity index (χ1v) is 7.47. The Morgan fingerprint density at radius 3 is 1.50 bits per heavy atom. The third-order valence-corrected chi connectivity index (χ3v) is 3.20. The predicted molar refractivity (Wildman–Crippen MR) is 99.9 cm³/mol. The molecular formula is C19H30N3+. The number of rotatable bonds is 12. The molecule has 0 unspecified atom stereocenters. The molecule has 0 spiro atoms. The van der Waals surface area contributed by atoms with Gasteiger partial charge in [-0.15, -0.1) is 19.7 Å². The van der Waals surface area contributed by atoms with E-state index < -0.39 is 0 Å². The van der Waals surface area contributed by atoms with Crippen molar-refractivity contribution in [3.05, 3.63) is 75.9 Å². The normalized spacial score (nSPS) is 11.4. The average molecular weight is 300 g/mol. The van der Waals surface area contributed by atoms with Crippen molar-refractivity contribution in [3.8, 4) is 0 Å². The van der Waals surface area contributed by atoms with Gasteiger partial charge in [0, 0.05) is 13.1 Å². The summed E-state index contributed by atoms with van der Waals surface area (Å²) in [5.41, 5.74) is 0. The number of quaternary nitrogens is 1. The van der Waals surface area contributed by atoms with Crippen LogP contribution in [0, 0.1) is 0 Å². The summed E-state index contributed by atoms with van der Waals surface area (Å²) in [5.74, 6) is 0.958. The van der Waals surface area contributed by atoms with Crippen molar-refractivity contribution in [2.75, 3.05) is 39.3 Å². The van der Waals surface area contributed by atoms with Gasteiger partial charge in [-0.05, 0) is 18.2 Å². The molecule has 0 saturated carbocycles. The number of nitrogens with zero attached hydrogens (tertiary/aromatic N) is 3. The topological polar surface area (TPSA) is 15.6 Å². The zero-order valence-corrected chi connectivity index (χ0v) is 13.8. The molecule has 0 aromatic carbocycles. The molecule has 0 aromatic heterocycles. The highest BCUT2D eigenvalue weighted by Crippen LogP contribution is 2.15. The van der Waals surface area contributed by atoms with Crippen molar-refractivity contribution < 1.29 is 4.48 Å². The molecule has 0 fully saturated rings. The van der Waals surface area contributed by atoms with Gasteiger partial charge in [0.2, 0.25) is 0 Å². The molecule has 22 heavy (non-hydrogen) atoms. The molecule has 0 N–H and O–H groups in total. The molecule has 0 bridgehead atoms. The van der Waals surface area contributed by atoms with Crippen LogP contribution in [0.25, 0.3) is 0 Å². The van der Waals surface area contributed by atoms with Gasteiger partial charge in [-0.3, -0.25) is 0 Å². The van der Waals surface area contributed by atoms with Crippen LogP contribution < -0.4 is 0 Å². The minimum atomic E-state index is 0.561. The summed E-state index contributed by atoms with van der Waals surface area (Å²) in [7, 11) is 0. The van der Waals surface area contributed by atoms with Crippen LogP contribution in [0.3, 0.4) is 0 Å². The predicted octanol–water partition coefficient (Wildman–Crippen LogP) is 3.58. The number of aliphatic imine (C=N–C) groups is 1. The fraction of sp³-hybridized carbons (Fsp3) is 0.316. The van der Waals surface area contributed by atoms with Gasteiger partial charge in [0.1, 0.15) is 19.6 Å². The van der Waals surface area contributed by atoms with E-state index in [1.165, 1.54) is 0 Å². The van der Waals surface area contributed by atoms with Gasteiger partial charge < -0.3 is 4.90 Å². The number of hydrogen-bond donors (Lipinski definition) is 0. The molecule has 0 aliphatic carbocycles. The van der Waals surface area contributed by atoms with Gasteiger partial charge in [-0.2, -0.15) is 0 Å². The second kappa shape index (κ2) is 11.5. The molecule has 0 atom stereocenters. The van der Waals surface area contributed by atoms with Crippen LogP contribution in [0.15, 0.2) is 80.9 Å². The fourth-order valence-corrected chi connectivity index (χ4v) is 2.46. The highest BCUT2D eigenvalue weighted by Gasteiger charge is 2.34. The number of guanidine groups is 1. The molecule has 0 aliphatic rings. The zero-order valence-electron chi connectivity index (χ0n) is 13.8. The van der Waals surface area contributed by atoms with E-state index in [1.807, 2.05) is 30.4 Å². The molecule has 120 valence electrons. The standard InChI is InChI=1S/C19H30N3/c1-7-13-20-19(21(14-8-2)15-9-3)22(16-10-4,17-11-5)18-12-6/h7-12H,1-6,13-18H2/q+1. The van der Waals surface area contributed by atoms with Crippen LogP contribution in [-0.2, 0) is 0 Å². The van der Waals surface area contributed by atoms with Crippen LogP contribution in [0.2, 0.25) is 0 Å². The van der Waals surface area contributed by atoms with Crippen LogP contribution in [0.5, 0.6) is 0 Å².